The van der Waals surface area contributed by atoms with Gasteiger partial charge in [0.1, 0.15) is 0 Å². The van der Waals surface area contributed by atoms with E-state index in [9.17, 15) is 9.59 Å². The topological polar surface area (TPSA) is 82.3 Å². The lowest BCUT2D eigenvalue weighted by molar-refractivity contribution is -0.126. The third kappa shape index (κ3) is 4.81. The van der Waals surface area contributed by atoms with Crippen LogP contribution in [0.25, 0.3) is 0 Å². The van der Waals surface area contributed by atoms with Crippen LogP contribution in [0.15, 0.2) is 48.5 Å². The van der Waals surface area contributed by atoms with Gasteiger partial charge in [0.15, 0.2) is 0 Å². The number of hydrogen-bond acceptors (Lipinski definition) is 3. The summed E-state index contributed by atoms with van der Waals surface area (Å²) in [7, 11) is 0. The molecule has 1 heterocycles. The van der Waals surface area contributed by atoms with E-state index in [1.54, 1.807) is 0 Å². The van der Waals surface area contributed by atoms with Gasteiger partial charge in [-0.05, 0) is 42.3 Å². The molecule has 1 aliphatic heterocycles. The first kappa shape index (κ1) is 17.0. The van der Waals surface area contributed by atoms with Crippen molar-refractivity contribution in [3.63, 3.8) is 0 Å². The zero-order valence-corrected chi connectivity index (χ0v) is 14.1. The molecule has 0 aromatic heterocycles. The van der Waals surface area contributed by atoms with Crippen molar-refractivity contribution in [2.24, 2.45) is 5.92 Å². The fourth-order valence-corrected chi connectivity index (χ4v) is 2.58. The maximum absolute atomic E-state index is 12.1. The minimum atomic E-state index is -0.299. The molecule has 1 fully saturated rings. The molecule has 4 N–H and O–H groups in total. The first-order chi connectivity index (χ1) is 12.1. The van der Waals surface area contributed by atoms with Crippen LogP contribution in [0.4, 0.5) is 16.2 Å². The Bertz CT molecular complexity index is 772. The smallest absolute Gasteiger partial charge is 0.323 e. The van der Waals surface area contributed by atoms with E-state index < -0.39 is 0 Å². The van der Waals surface area contributed by atoms with Crippen LogP contribution in [0.2, 0.25) is 0 Å². The Morgan fingerprint density at radius 2 is 1.72 bits per heavy atom. The van der Waals surface area contributed by atoms with E-state index in [0.717, 1.165) is 29.9 Å². The lowest BCUT2D eigenvalue weighted by Crippen LogP contribution is -2.50. The van der Waals surface area contributed by atoms with Crippen molar-refractivity contribution >= 4 is 23.3 Å². The highest BCUT2D eigenvalue weighted by molar-refractivity contribution is 5.99. The Labute approximate surface area is 147 Å². The second-order valence-electron chi connectivity index (χ2n) is 6.22. The van der Waals surface area contributed by atoms with E-state index >= 15 is 0 Å². The number of carbonyl (C=O) groups is 2. The molecule has 3 rings (SSSR count). The highest BCUT2D eigenvalue weighted by atomic mass is 16.2. The van der Waals surface area contributed by atoms with E-state index in [4.69, 9.17) is 0 Å². The van der Waals surface area contributed by atoms with E-state index in [0.29, 0.717) is 12.2 Å². The van der Waals surface area contributed by atoms with Crippen LogP contribution < -0.4 is 21.3 Å². The monoisotopic (exact) mass is 338 g/mol. The van der Waals surface area contributed by atoms with Crippen LogP contribution in [0, 0.1) is 12.8 Å². The molecule has 0 aliphatic carbocycles. The van der Waals surface area contributed by atoms with Crippen LogP contribution in [-0.2, 0) is 11.3 Å². The molecule has 1 aliphatic rings. The lowest BCUT2D eigenvalue weighted by Gasteiger charge is -2.25. The summed E-state index contributed by atoms with van der Waals surface area (Å²) < 4.78 is 0. The Morgan fingerprint density at radius 3 is 2.36 bits per heavy atom. The van der Waals surface area contributed by atoms with E-state index in [2.05, 4.69) is 21.3 Å². The van der Waals surface area contributed by atoms with Gasteiger partial charge in [-0.1, -0.05) is 24.3 Å². The highest BCUT2D eigenvalue weighted by Crippen LogP contribution is 2.13. The molecule has 0 radical (unpaired) electrons. The number of anilines is 2. The summed E-state index contributed by atoms with van der Waals surface area (Å²) in [6.07, 6.45) is 0. The summed E-state index contributed by atoms with van der Waals surface area (Å²) in [5.74, 6) is 0.135. The van der Waals surface area contributed by atoms with Crippen LogP contribution in [0.5, 0.6) is 0 Å². The van der Waals surface area contributed by atoms with Gasteiger partial charge in [0.25, 0.3) is 0 Å². The molecular formula is C19H22N4O2. The summed E-state index contributed by atoms with van der Waals surface area (Å²) in [5.41, 5.74) is 3.45. The van der Waals surface area contributed by atoms with E-state index in [-0.39, 0.29) is 17.9 Å². The number of carbonyl (C=O) groups excluding carboxylic acids is 2. The molecule has 3 amide bonds. The van der Waals surface area contributed by atoms with Crippen molar-refractivity contribution in [1.29, 1.82) is 0 Å². The minimum absolute atomic E-state index is 0.0642. The molecule has 0 spiro atoms. The Hall–Kier alpha value is -2.86. The number of rotatable bonds is 5. The molecule has 2 aromatic carbocycles. The molecule has 1 saturated heterocycles. The Balaban J connectivity index is 1.53. The van der Waals surface area contributed by atoms with Gasteiger partial charge >= 0.3 is 6.03 Å². The van der Waals surface area contributed by atoms with Gasteiger partial charge in [-0.15, -0.1) is 0 Å². The molecular weight excluding hydrogens is 316 g/mol. The van der Waals surface area contributed by atoms with Gasteiger partial charge in [-0.25, -0.2) is 4.79 Å². The SMILES string of the molecule is Cc1cccc(NC(=O)Nc2cccc(CNC(=O)C3CNC3)c2)c1. The number of hydrogen-bond donors (Lipinski definition) is 4. The maximum atomic E-state index is 12.1. The molecule has 0 atom stereocenters. The highest BCUT2D eigenvalue weighted by Gasteiger charge is 2.24. The molecule has 25 heavy (non-hydrogen) atoms. The Morgan fingerprint density at radius 1 is 1.04 bits per heavy atom. The molecule has 130 valence electrons. The van der Waals surface area contributed by atoms with Gasteiger partial charge in [0.05, 0.1) is 5.92 Å². The number of amides is 3. The molecule has 6 heteroatoms. The van der Waals surface area contributed by atoms with Crippen molar-refractivity contribution in [2.45, 2.75) is 13.5 Å². The third-order valence-corrected chi connectivity index (χ3v) is 4.08. The summed E-state index contributed by atoms with van der Waals surface area (Å²) >= 11 is 0. The van der Waals surface area contributed by atoms with Crippen LogP contribution >= 0.6 is 0 Å². The molecule has 0 unspecified atom stereocenters. The summed E-state index contributed by atoms with van der Waals surface area (Å²) in [6, 6.07) is 14.8. The number of urea groups is 1. The minimum Gasteiger partial charge on any atom is -0.352 e. The first-order valence-electron chi connectivity index (χ1n) is 8.32. The van der Waals surface area contributed by atoms with Gasteiger partial charge in [-0.2, -0.15) is 0 Å². The van der Waals surface area contributed by atoms with Crippen LogP contribution in [0.3, 0.4) is 0 Å². The second-order valence-corrected chi connectivity index (χ2v) is 6.22. The fraction of sp³-hybridized carbons (Fsp3) is 0.263. The van der Waals surface area contributed by atoms with Crippen molar-refractivity contribution in [1.82, 2.24) is 10.6 Å². The van der Waals surface area contributed by atoms with Crippen LogP contribution in [-0.4, -0.2) is 25.0 Å². The predicted molar refractivity (Wildman–Crippen MR) is 98.5 cm³/mol. The Kier molecular flexibility index (Phi) is 5.30. The summed E-state index contributed by atoms with van der Waals surface area (Å²) in [6.45, 7) is 3.91. The van der Waals surface area contributed by atoms with Gasteiger partial charge < -0.3 is 21.3 Å². The zero-order valence-electron chi connectivity index (χ0n) is 14.1. The molecule has 0 saturated carbocycles. The molecule has 0 bridgehead atoms. The third-order valence-electron chi connectivity index (χ3n) is 4.08. The first-order valence-corrected chi connectivity index (χ1v) is 8.32. The van der Waals surface area contributed by atoms with E-state index in [1.807, 2.05) is 55.5 Å². The van der Waals surface area contributed by atoms with Crippen molar-refractivity contribution in [3.8, 4) is 0 Å². The predicted octanol–water partition coefficient (Wildman–Crippen LogP) is 2.47. The second kappa shape index (κ2) is 7.81. The quantitative estimate of drug-likeness (QED) is 0.676. The molecule has 2 aromatic rings. The average Bonchev–Trinajstić information content (AvgIpc) is 2.51. The van der Waals surface area contributed by atoms with Gasteiger partial charge in [0, 0.05) is 31.0 Å². The number of benzene rings is 2. The normalized spacial score (nSPS) is 13.6. The zero-order chi connectivity index (χ0) is 17.6. The van der Waals surface area contributed by atoms with Gasteiger partial charge in [-0.3, -0.25) is 4.79 Å². The van der Waals surface area contributed by atoms with Gasteiger partial charge in [0.2, 0.25) is 5.91 Å². The number of nitrogens with one attached hydrogen (secondary N) is 4. The van der Waals surface area contributed by atoms with Crippen molar-refractivity contribution < 1.29 is 9.59 Å². The molecule has 6 nitrogen and oxygen atoms in total. The van der Waals surface area contributed by atoms with Crippen molar-refractivity contribution in [2.75, 3.05) is 23.7 Å². The fourth-order valence-electron chi connectivity index (χ4n) is 2.58. The largest absolute Gasteiger partial charge is 0.352 e. The van der Waals surface area contributed by atoms with Crippen LogP contribution in [0.1, 0.15) is 11.1 Å². The maximum Gasteiger partial charge on any atom is 0.323 e. The van der Waals surface area contributed by atoms with Crippen molar-refractivity contribution in [3.05, 3.63) is 59.7 Å². The lowest BCUT2D eigenvalue weighted by atomic mass is 10.0. The summed E-state index contributed by atoms with van der Waals surface area (Å²) in [4.78, 5) is 24.0. The number of aryl methyl sites for hydroxylation is 1. The standard InChI is InChI=1S/C19H22N4O2/c1-13-4-2-6-16(8-13)22-19(25)23-17-7-3-5-14(9-17)10-21-18(24)15-11-20-12-15/h2-9,15,20H,10-12H2,1H3,(H,21,24)(H2,22,23,25). The average molecular weight is 338 g/mol. The summed E-state index contributed by atoms with van der Waals surface area (Å²) in [5, 5.41) is 11.6. The van der Waals surface area contributed by atoms with E-state index in [1.165, 1.54) is 0 Å².